The van der Waals surface area contributed by atoms with Gasteiger partial charge in [-0.3, -0.25) is 19.3 Å². The molecule has 274 valence electrons. The topological polar surface area (TPSA) is 150 Å². The number of hydrogen-bond acceptors (Lipinski definition) is 8. The highest BCUT2D eigenvalue weighted by atomic mass is 19.1. The van der Waals surface area contributed by atoms with Crippen LogP contribution < -0.4 is 16.0 Å². The molecule has 1 aliphatic carbocycles. The molecule has 0 bridgehead atoms. The van der Waals surface area contributed by atoms with Gasteiger partial charge < -0.3 is 35.2 Å². The number of fused-ring (bicyclic) bond motifs is 3. The molecule has 1 saturated carbocycles. The Hall–Kier alpha value is -4.20. The predicted octanol–water partition coefficient (Wildman–Crippen LogP) is 3.21. The molecule has 13 nitrogen and oxygen atoms in total. The largest absolute Gasteiger partial charge is 0.444 e. The maximum Gasteiger partial charge on any atom is 0.410 e. The summed E-state index contributed by atoms with van der Waals surface area (Å²) in [5.41, 5.74) is -0.858. The van der Waals surface area contributed by atoms with Crippen molar-refractivity contribution in [2.75, 3.05) is 33.7 Å². The molecule has 0 spiro atoms. The van der Waals surface area contributed by atoms with E-state index in [1.54, 1.807) is 32.9 Å². The molecule has 5 amide bonds. The minimum absolute atomic E-state index is 0.0174. The Balaban J connectivity index is 1.38. The van der Waals surface area contributed by atoms with Crippen molar-refractivity contribution < 1.29 is 37.8 Å². The van der Waals surface area contributed by atoms with Crippen molar-refractivity contribution in [1.82, 2.24) is 30.7 Å². The molecule has 50 heavy (non-hydrogen) atoms. The molecule has 3 heterocycles. The van der Waals surface area contributed by atoms with Crippen molar-refractivity contribution in [1.29, 1.82) is 0 Å². The molecular weight excluding hydrogens is 647 g/mol. The Morgan fingerprint density at radius 1 is 1.12 bits per heavy atom. The van der Waals surface area contributed by atoms with Crippen molar-refractivity contribution >= 4 is 29.9 Å². The van der Waals surface area contributed by atoms with E-state index in [9.17, 15) is 28.4 Å². The molecule has 4 aliphatic rings. The van der Waals surface area contributed by atoms with Gasteiger partial charge in [0.1, 0.15) is 35.1 Å². The third kappa shape index (κ3) is 8.93. The van der Waals surface area contributed by atoms with Crippen LogP contribution in [0.2, 0.25) is 0 Å². The van der Waals surface area contributed by atoms with Gasteiger partial charge in [-0.15, -0.1) is 0 Å². The number of carbonyl (C=O) groups excluding carboxylic acids is 5. The summed E-state index contributed by atoms with van der Waals surface area (Å²) in [4.78, 5) is 72.9. The highest BCUT2D eigenvalue weighted by Crippen LogP contribution is 2.45. The average molecular weight is 699 g/mol. The zero-order valence-electron chi connectivity index (χ0n) is 29.8. The van der Waals surface area contributed by atoms with Crippen LogP contribution in [0.1, 0.15) is 76.8 Å². The van der Waals surface area contributed by atoms with E-state index in [0.717, 1.165) is 19.3 Å². The summed E-state index contributed by atoms with van der Waals surface area (Å²) in [5.74, 6) is -1.96. The number of nitrogens with zero attached hydrogens (tertiary/aromatic N) is 3. The Kier molecular flexibility index (Phi) is 11.4. The fraction of sp³-hybridized carbons (Fsp3) is 0.639. The number of allylic oxidation sites excluding steroid dienone is 1. The average Bonchev–Trinajstić information content (AvgIpc) is 3.33. The van der Waals surface area contributed by atoms with E-state index in [2.05, 4.69) is 16.0 Å². The van der Waals surface area contributed by atoms with Gasteiger partial charge in [0.15, 0.2) is 0 Å². The van der Waals surface area contributed by atoms with Crippen LogP contribution in [-0.2, 0) is 36.9 Å². The lowest BCUT2D eigenvalue weighted by molar-refractivity contribution is -0.141. The van der Waals surface area contributed by atoms with E-state index >= 15 is 0 Å². The number of carbonyl (C=O) groups is 5. The Morgan fingerprint density at radius 3 is 2.62 bits per heavy atom. The van der Waals surface area contributed by atoms with Crippen LogP contribution in [0, 0.1) is 11.7 Å². The lowest BCUT2D eigenvalue weighted by Crippen LogP contribution is -2.58. The first-order chi connectivity index (χ1) is 23.7. The normalized spacial score (nSPS) is 27.6. The minimum Gasteiger partial charge on any atom is -0.444 e. The van der Waals surface area contributed by atoms with Gasteiger partial charge in [-0.1, -0.05) is 37.1 Å². The number of rotatable bonds is 6. The van der Waals surface area contributed by atoms with Gasteiger partial charge in [0.05, 0.1) is 13.1 Å². The van der Waals surface area contributed by atoms with Crippen LogP contribution in [-0.4, -0.2) is 108 Å². The molecule has 0 aromatic heterocycles. The van der Waals surface area contributed by atoms with Crippen LogP contribution in [0.3, 0.4) is 0 Å². The SMILES string of the molecule is CN(C)CCNC(=O)[C@@]12C[C@H]1/C=C\CCCCC[C@H](NC(=O)OC(C)(C)C)C(=O)N1C[C@H](OC(=O)N3Cc4cccc(F)c4C3)C[C@H]1C(=O)N2. The standard InChI is InChI=1S/C36H51FN6O7/c1-35(2,3)50-33(47)39-28-15-10-8-6-7-9-13-24-19-36(24,32(46)38-16-17-41(4)5)40-30(44)29-18-25(21-43(29)31(28)45)49-34(48)42-20-23-12-11-14-27(37)26(23)22-42/h9,11-14,24-25,28-29H,6-8,10,15-22H2,1-5H3,(H,38,46)(H,39,47)(H,40,44)/b13-9-/t24-,25-,28+,29+,36-/m1/s1. The second-order valence-corrected chi connectivity index (χ2v) is 15.1. The number of hydrogen-bond donors (Lipinski definition) is 3. The Bertz CT molecular complexity index is 1500. The third-order valence-electron chi connectivity index (χ3n) is 9.63. The molecule has 0 radical (unpaired) electrons. The summed E-state index contributed by atoms with van der Waals surface area (Å²) in [7, 11) is 3.80. The maximum absolute atomic E-state index is 14.4. The van der Waals surface area contributed by atoms with E-state index in [1.807, 2.05) is 31.1 Å². The van der Waals surface area contributed by atoms with Crippen LogP contribution in [0.25, 0.3) is 0 Å². The molecule has 2 fully saturated rings. The first kappa shape index (κ1) is 37.1. The number of likely N-dealkylation sites (N-methyl/N-ethyl adjacent to an activating group) is 1. The molecular formula is C36H51FN6O7. The minimum atomic E-state index is -1.18. The number of amides is 5. The summed E-state index contributed by atoms with van der Waals surface area (Å²) >= 11 is 0. The molecule has 14 heteroatoms. The van der Waals surface area contributed by atoms with E-state index in [-0.39, 0.29) is 37.9 Å². The summed E-state index contributed by atoms with van der Waals surface area (Å²) < 4.78 is 25.7. The monoisotopic (exact) mass is 698 g/mol. The fourth-order valence-electron chi connectivity index (χ4n) is 6.89. The molecule has 5 atom stereocenters. The smallest absolute Gasteiger partial charge is 0.410 e. The molecule has 3 N–H and O–H groups in total. The fourth-order valence-corrected chi connectivity index (χ4v) is 6.89. The molecule has 1 aromatic carbocycles. The molecule has 0 unspecified atom stereocenters. The van der Waals surface area contributed by atoms with Crippen molar-refractivity contribution in [2.45, 2.75) is 108 Å². The second-order valence-electron chi connectivity index (χ2n) is 15.1. The summed E-state index contributed by atoms with van der Waals surface area (Å²) in [5, 5.41) is 8.66. The lowest BCUT2D eigenvalue weighted by Gasteiger charge is -2.30. The quantitative estimate of drug-likeness (QED) is 0.384. The van der Waals surface area contributed by atoms with Crippen LogP contribution >= 0.6 is 0 Å². The molecule has 1 saturated heterocycles. The van der Waals surface area contributed by atoms with Gasteiger partial charge in [-0.05, 0) is 72.2 Å². The van der Waals surface area contributed by atoms with Crippen molar-refractivity contribution in [3.63, 3.8) is 0 Å². The van der Waals surface area contributed by atoms with Gasteiger partial charge >= 0.3 is 12.2 Å². The van der Waals surface area contributed by atoms with E-state index in [1.165, 1.54) is 15.9 Å². The summed E-state index contributed by atoms with van der Waals surface area (Å²) in [6.45, 7) is 6.31. The maximum atomic E-state index is 14.4. The van der Waals surface area contributed by atoms with Crippen LogP contribution in [0.15, 0.2) is 30.4 Å². The van der Waals surface area contributed by atoms with Crippen molar-refractivity contribution in [3.05, 3.63) is 47.3 Å². The highest BCUT2D eigenvalue weighted by Gasteiger charge is 2.61. The number of ether oxygens (including phenoxy) is 2. The number of alkyl carbamates (subject to hydrolysis) is 1. The predicted molar refractivity (Wildman–Crippen MR) is 182 cm³/mol. The number of benzene rings is 1. The van der Waals surface area contributed by atoms with E-state index in [4.69, 9.17) is 9.47 Å². The Labute approximate surface area is 293 Å². The number of nitrogens with one attached hydrogen (secondary N) is 3. The lowest BCUT2D eigenvalue weighted by atomic mass is 10.0. The van der Waals surface area contributed by atoms with E-state index < -0.39 is 59.1 Å². The van der Waals surface area contributed by atoms with Crippen molar-refractivity contribution in [2.24, 2.45) is 5.92 Å². The second kappa shape index (κ2) is 15.4. The van der Waals surface area contributed by atoms with E-state index in [0.29, 0.717) is 43.5 Å². The van der Waals surface area contributed by atoms with Gasteiger partial charge in [-0.2, -0.15) is 0 Å². The zero-order chi connectivity index (χ0) is 36.2. The van der Waals surface area contributed by atoms with Gasteiger partial charge in [0.25, 0.3) is 0 Å². The summed E-state index contributed by atoms with van der Waals surface area (Å²) in [6, 6.07) is 2.61. The highest BCUT2D eigenvalue weighted by molar-refractivity contribution is 5.98. The van der Waals surface area contributed by atoms with Crippen LogP contribution in [0.4, 0.5) is 14.0 Å². The van der Waals surface area contributed by atoms with Gasteiger partial charge in [0, 0.05) is 37.5 Å². The summed E-state index contributed by atoms with van der Waals surface area (Å²) in [6.07, 6.45) is 5.48. The third-order valence-corrected chi connectivity index (χ3v) is 9.63. The Morgan fingerprint density at radius 2 is 1.90 bits per heavy atom. The van der Waals surface area contributed by atoms with Gasteiger partial charge in [-0.25, -0.2) is 14.0 Å². The van der Waals surface area contributed by atoms with Crippen molar-refractivity contribution in [3.8, 4) is 0 Å². The van der Waals surface area contributed by atoms with Gasteiger partial charge in [0.2, 0.25) is 17.7 Å². The first-order valence-corrected chi connectivity index (χ1v) is 17.6. The molecule has 5 rings (SSSR count). The first-order valence-electron chi connectivity index (χ1n) is 17.6. The molecule has 3 aliphatic heterocycles. The van der Waals surface area contributed by atoms with Crippen LogP contribution in [0.5, 0.6) is 0 Å². The zero-order valence-corrected chi connectivity index (χ0v) is 29.8. The molecule has 1 aromatic rings. The number of halogens is 1.